The van der Waals surface area contributed by atoms with Gasteiger partial charge in [-0.1, -0.05) is 37.5 Å². The molecule has 2 fully saturated rings. The first-order chi connectivity index (χ1) is 20.2. The molecule has 1 aliphatic carbocycles. The number of hydrogen-bond donors (Lipinski definition) is 1. The maximum atomic E-state index is 12.7. The number of piperidine rings is 1. The summed E-state index contributed by atoms with van der Waals surface area (Å²) in [4.78, 5) is 24.5. The summed E-state index contributed by atoms with van der Waals surface area (Å²) >= 11 is 0. The van der Waals surface area contributed by atoms with Gasteiger partial charge < -0.3 is 24.2 Å². The smallest absolute Gasteiger partial charge is 0.337 e. The van der Waals surface area contributed by atoms with Crippen molar-refractivity contribution in [2.45, 2.75) is 71.5 Å². The van der Waals surface area contributed by atoms with Gasteiger partial charge in [0.2, 0.25) is 0 Å². The third-order valence-electron chi connectivity index (χ3n) is 8.23. The van der Waals surface area contributed by atoms with Crippen LogP contribution in [0.15, 0.2) is 54.9 Å². The molecular weight excluding hydrogens is 530 g/mol. The highest BCUT2D eigenvalue weighted by atomic mass is 16.5. The monoisotopic (exact) mass is 573 g/mol. The van der Waals surface area contributed by atoms with E-state index in [9.17, 15) is 9.90 Å². The van der Waals surface area contributed by atoms with Crippen LogP contribution in [0.4, 0.5) is 5.69 Å². The second-order valence-electron chi connectivity index (χ2n) is 12.4. The Labute approximate surface area is 249 Å². The zero-order valence-corrected chi connectivity index (χ0v) is 25.2. The van der Waals surface area contributed by atoms with Gasteiger partial charge in [0.15, 0.2) is 6.10 Å². The van der Waals surface area contributed by atoms with Crippen LogP contribution in [0, 0.1) is 18.8 Å². The number of aryl methyl sites for hydroxylation is 1. The lowest BCUT2D eigenvalue weighted by Gasteiger charge is -2.44. The molecule has 8 nitrogen and oxygen atoms in total. The Balaban J connectivity index is 1.44. The largest absolute Gasteiger partial charge is 0.490 e. The number of carbonyl (C=O) groups is 1. The molecule has 0 radical (unpaired) electrons. The zero-order chi connectivity index (χ0) is 29.7. The first-order valence-electron chi connectivity index (χ1n) is 15.1. The van der Waals surface area contributed by atoms with Crippen molar-refractivity contribution in [1.82, 2.24) is 9.97 Å². The molecule has 42 heavy (non-hydrogen) atoms. The van der Waals surface area contributed by atoms with Crippen molar-refractivity contribution in [3.05, 3.63) is 66.1 Å². The molecule has 1 saturated carbocycles. The third-order valence-corrected chi connectivity index (χ3v) is 8.23. The highest BCUT2D eigenvalue weighted by Crippen LogP contribution is 2.44. The van der Waals surface area contributed by atoms with Gasteiger partial charge in [0.1, 0.15) is 24.7 Å². The molecule has 3 heterocycles. The number of fused-ring (bicyclic) bond motifs is 1. The molecule has 1 aromatic carbocycles. The molecule has 0 spiro atoms. The van der Waals surface area contributed by atoms with Gasteiger partial charge in [0.05, 0.1) is 23.2 Å². The van der Waals surface area contributed by atoms with E-state index in [0.717, 1.165) is 48.1 Å². The second kappa shape index (κ2) is 13.1. The van der Waals surface area contributed by atoms with E-state index in [1.54, 1.807) is 6.20 Å². The summed E-state index contributed by atoms with van der Waals surface area (Å²) in [5, 5.41) is 10.4. The first-order valence-corrected chi connectivity index (χ1v) is 15.1. The first kappa shape index (κ1) is 29.8. The van der Waals surface area contributed by atoms with Crippen molar-refractivity contribution in [2.24, 2.45) is 11.8 Å². The average Bonchev–Trinajstić information content (AvgIpc) is 2.98. The summed E-state index contributed by atoms with van der Waals surface area (Å²) < 4.78 is 17.8. The topological polar surface area (TPSA) is 94.0 Å². The molecule has 2 aliphatic rings. The Kier molecular flexibility index (Phi) is 9.31. The number of rotatable bonds is 10. The summed E-state index contributed by atoms with van der Waals surface area (Å²) in [6, 6.07) is 13.5. The molecule has 224 valence electrons. The fourth-order valence-corrected chi connectivity index (χ4v) is 6.30. The minimum atomic E-state index is -1.15. The standard InChI is InChI=1S/C34H43N3O5/c1-23-30(32(33(38)39)42-34(2,3)4)31(37-17-16-24-10-8-9-11-25(24)22-37)28(21-35-23)29-15-14-27(20-36-29)41-19-18-40-26-12-6-5-7-13-26/h5-7,12-15,20-21,24-25,32H,8-11,16-19,22H2,1-4H3,(H,38,39)/t24?,25?,32-/m0/s1. The summed E-state index contributed by atoms with van der Waals surface area (Å²) in [5.74, 6) is 1.77. The highest BCUT2D eigenvalue weighted by molar-refractivity contribution is 5.85. The van der Waals surface area contributed by atoms with Gasteiger partial charge in [-0.2, -0.15) is 0 Å². The van der Waals surface area contributed by atoms with Crippen LogP contribution in [0.5, 0.6) is 11.5 Å². The predicted octanol–water partition coefficient (Wildman–Crippen LogP) is 6.87. The van der Waals surface area contributed by atoms with Gasteiger partial charge in [-0.05, 0) is 76.6 Å². The van der Waals surface area contributed by atoms with E-state index in [0.29, 0.717) is 36.1 Å². The lowest BCUT2D eigenvalue weighted by molar-refractivity contribution is -0.160. The van der Waals surface area contributed by atoms with E-state index in [1.807, 2.05) is 76.4 Å². The maximum Gasteiger partial charge on any atom is 0.337 e. The molecule has 1 N–H and O–H groups in total. The van der Waals surface area contributed by atoms with Crippen molar-refractivity contribution < 1.29 is 24.1 Å². The number of aliphatic carboxylic acids is 1. The SMILES string of the molecule is Cc1ncc(-c2ccc(OCCOc3ccccc3)cn2)c(N2CCC3CCCCC3C2)c1[C@H](OC(C)(C)C)C(=O)O. The van der Waals surface area contributed by atoms with Crippen LogP contribution in [0.25, 0.3) is 11.3 Å². The van der Waals surface area contributed by atoms with Crippen molar-refractivity contribution in [3.63, 3.8) is 0 Å². The Hall–Kier alpha value is -3.65. The van der Waals surface area contributed by atoms with E-state index in [-0.39, 0.29) is 0 Å². The van der Waals surface area contributed by atoms with Crippen molar-refractivity contribution in [3.8, 4) is 22.8 Å². The van der Waals surface area contributed by atoms with Crippen LogP contribution in [-0.4, -0.2) is 52.9 Å². The van der Waals surface area contributed by atoms with Crippen LogP contribution in [0.3, 0.4) is 0 Å². The number of ether oxygens (including phenoxy) is 3. The molecule has 5 rings (SSSR count). The number of carboxylic acid groups (broad SMARTS) is 1. The third kappa shape index (κ3) is 7.21. The van der Waals surface area contributed by atoms with E-state index in [2.05, 4.69) is 9.88 Å². The second-order valence-corrected chi connectivity index (χ2v) is 12.4. The number of benzene rings is 1. The molecule has 2 unspecified atom stereocenters. The molecular formula is C34H43N3O5. The van der Waals surface area contributed by atoms with Crippen LogP contribution >= 0.6 is 0 Å². The van der Waals surface area contributed by atoms with Gasteiger partial charge in [-0.15, -0.1) is 0 Å². The minimum absolute atomic E-state index is 0.387. The van der Waals surface area contributed by atoms with E-state index in [4.69, 9.17) is 19.2 Å². The number of hydrogen-bond acceptors (Lipinski definition) is 7. The van der Waals surface area contributed by atoms with Crippen molar-refractivity contribution in [1.29, 1.82) is 0 Å². The summed E-state index contributed by atoms with van der Waals surface area (Å²) in [6.45, 7) is 10.1. The van der Waals surface area contributed by atoms with Crippen LogP contribution in [0.2, 0.25) is 0 Å². The van der Waals surface area contributed by atoms with Gasteiger partial charge >= 0.3 is 5.97 Å². The van der Waals surface area contributed by atoms with E-state index in [1.165, 1.54) is 25.7 Å². The van der Waals surface area contributed by atoms with Crippen molar-refractivity contribution in [2.75, 3.05) is 31.2 Å². The minimum Gasteiger partial charge on any atom is -0.490 e. The van der Waals surface area contributed by atoms with Gasteiger partial charge in [-0.3, -0.25) is 9.97 Å². The molecule has 0 bridgehead atoms. The fourth-order valence-electron chi connectivity index (χ4n) is 6.30. The number of nitrogens with zero attached hydrogens (tertiary/aromatic N) is 3. The molecule has 8 heteroatoms. The highest BCUT2D eigenvalue weighted by Gasteiger charge is 2.37. The van der Waals surface area contributed by atoms with Crippen molar-refractivity contribution >= 4 is 11.7 Å². The van der Waals surface area contributed by atoms with Gasteiger partial charge in [0, 0.05) is 36.1 Å². The number of anilines is 1. The maximum absolute atomic E-state index is 12.7. The molecule has 2 aromatic heterocycles. The number of pyridine rings is 2. The average molecular weight is 574 g/mol. The number of aromatic nitrogens is 2. The van der Waals surface area contributed by atoms with Gasteiger partial charge in [-0.25, -0.2) is 4.79 Å². The van der Waals surface area contributed by atoms with E-state index < -0.39 is 17.7 Å². The number of para-hydroxylation sites is 1. The Bertz CT molecular complexity index is 1340. The fraction of sp³-hybridized carbons (Fsp3) is 0.500. The Morgan fingerprint density at radius 2 is 1.67 bits per heavy atom. The van der Waals surface area contributed by atoms with Crippen LogP contribution < -0.4 is 14.4 Å². The van der Waals surface area contributed by atoms with Crippen LogP contribution in [0.1, 0.15) is 70.2 Å². The summed E-state index contributed by atoms with van der Waals surface area (Å²) in [6.07, 6.45) is 8.56. The lowest BCUT2D eigenvalue weighted by Crippen LogP contribution is -2.43. The molecule has 1 aliphatic heterocycles. The molecule has 3 aromatic rings. The molecule has 1 saturated heterocycles. The predicted molar refractivity (Wildman–Crippen MR) is 163 cm³/mol. The van der Waals surface area contributed by atoms with Crippen LogP contribution in [-0.2, 0) is 9.53 Å². The zero-order valence-electron chi connectivity index (χ0n) is 25.2. The normalized spacial score (nSPS) is 19.6. The number of carboxylic acids is 1. The van der Waals surface area contributed by atoms with Gasteiger partial charge in [0.25, 0.3) is 0 Å². The Morgan fingerprint density at radius 1 is 0.952 bits per heavy atom. The Morgan fingerprint density at radius 3 is 2.33 bits per heavy atom. The summed E-state index contributed by atoms with van der Waals surface area (Å²) in [5.41, 5.74) is 3.03. The quantitative estimate of drug-likeness (QED) is 0.263. The molecule has 3 atom stereocenters. The lowest BCUT2D eigenvalue weighted by atomic mass is 9.75. The van der Waals surface area contributed by atoms with E-state index >= 15 is 0 Å². The molecule has 0 amide bonds. The summed E-state index contributed by atoms with van der Waals surface area (Å²) in [7, 11) is 0.